The van der Waals surface area contributed by atoms with Crippen LogP contribution >= 0.6 is 11.3 Å². The number of rotatable bonds is 6. The second-order valence-electron chi connectivity index (χ2n) is 6.80. The van der Waals surface area contributed by atoms with Gasteiger partial charge < -0.3 is 9.84 Å². The van der Waals surface area contributed by atoms with Gasteiger partial charge in [-0.2, -0.15) is 26.3 Å². The molecule has 33 heavy (non-hydrogen) atoms. The molecule has 1 aromatic carbocycles. The monoisotopic (exact) mass is 496 g/mol. The molecule has 14 heteroatoms. The van der Waals surface area contributed by atoms with Crippen LogP contribution in [-0.4, -0.2) is 26.6 Å². The van der Waals surface area contributed by atoms with Gasteiger partial charge in [-0.1, -0.05) is 41.7 Å². The van der Waals surface area contributed by atoms with Crippen LogP contribution < -0.4 is 16.0 Å². The number of benzene rings is 1. The molecule has 1 N–H and O–H groups in total. The van der Waals surface area contributed by atoms with Gasteiger partial charge in [0, 0.05) is 13.1 Å². The van der Waals surface area contributed by atoms with Crippen molar-refractivity contribution >= 4 is 27.7 Å². The molecule has 3 aromatic rings. The van der Waals surface area contributed by atoms with Gasteiger partial charge >= 0.3 is 24.2 Å². The molecule has 0 bridgehead atoms. The first-order valence-corrected chi connectivity index (χ1v) is 10.00. The van der Waals surface area contributed by atoms with Crippen LogP contribution in [0.2, 0.25) is 0 Å². The van der Waals surface area contributed by atoms with Crippen LogP contribution in [-0.2, 0) is 25.7 Å². The van der Waals surface area contributed by atoms with Crippen LogP contribution in [0.15, 0.2) is 39.9 Å². The van der Waals surface area contributed by atoms with Crippen molar-refractivity contribution in [1.29, 1.82) is 0 Å². The van der Waals surface area contributed by atoms with Gasteiger partial charge in [-0.05, 0) is 12.0 Å². The van der Waals surface area contributed by atoms with Crippen molar-refractivity contribution in [2.24, 2.45) is 0 Å². The summed E-state index contributed by atoms with van der Waals surface area (Å²) in [7, 11) is 0. The maximum Gasteiger partial charge on any atom is 0.512 e. The number of aromatic nitrogens is 2. The van der Waals surface area contributed by atoms with E-state index in [1.807, 2.05) is 0 Å². The van der Waals surface area contributed by atoms with Gasteiger partial charge in [-0.15, -0.1) is 0 Å². The average Bonchev–Trinajstić information content (AvgIpc) is 3.06. The highest BCUT2D eigenvalue weighted by Crippen LogP contribution is 2.45. The van der Waals surface area contributed by atoms with E-state index >= 15 is 0 Å². The van der Waals surface area contributed by atoms with Gasteiger partial charge in [0.25, 0.3) is 5.56 Å². The molecule has 0 spiro atoms. The van der Waals surface area contributed by atoms with Crippen LogP contribution in [0.4, 0.5) is 31.1 Å². The summed E-state index contributed by atoms with van der Waals surface area (Å²) < 4.78 is 84.6. The van der Waals surface area contributed by atoms with Gasteiger partial charge in [-0.25, -0.2) is 9.59 Å². The summed E-state index contributed by atoms with van der Waals surface area (Å²) in [5.74, 6) is 0. The maximum atomic E-state index is 13.8. The summed E-state index contributed by atoms with van der Waals surface area (Å²) in [5, 5.41) is 6.38. The van der Waals surface area contributed by atoms with E-state index in [2.05, 4.69) is 4.74 Å². The fourth-order valence-electron chi connectivity index (χ4n) is 3.17. The predicted octanol–water partition coefficient (Wildman–Crippen LogP) is 4.50. The third-order valence-corrected chi connectivity index (χ3v) is 5.66. The number of aryl methyl sites for hydroxylation is 2. The lowest BCUT2D eigenvalue weighted by Gasteiger charge is -2.14. The maximum absolute atomic E-state index is 13.8. The van der Waals surface area contributed by atoms with Crippen molar-refractivity contribution in [3.8, 4) is 5.06 Å². The first-order chi connectivity index (χ1) is 15.3. The zero-order chi connectivity index (χ0) is 24.6. The minimum Gasteiger partial charge on any atom is -0.449 e. The number of hydrogen-bond donors (Lipinski definition) is 1. The molecule has 0 aliphatic heterocycles. The molecule has 0 atom stereocenters. The van der Waals surface area contributed by atoms with E-state index in [0.29, 0.717) is 14.7 Å². The number of hydrogen-bond acceptors (Lipinski definition) is 5. The first kappa shape index (κ1) is 24.4. The summed E-state index contributed by atoms with van der Waals surface area (Å²) in [5.41, 5.74) is -3.78. The summed E-state index contributed by atoms with van der Waals surface area (Å²) >= 11 is -0.0330. The second-order valence-corrected chi connectivity index (χ2v) is 7.76. The Bertz CT molecular complexity index is 1290. The highest BCUT2D eigenvalue weighted by atomic mass is 32.1. The van der Waals surface area contributed by atoms with E-state index in [-0.39, 0.29) is 17.8 Å². The Balaban J connectivity index is 2.28. The van der Waals surface area contributed by atoms with Crippen molar-refractivity contribution < 1.29 is 41.0 Å². The van der Waals surface area contributed by atoms with E-state index in [1.54, 1.807) is 30.3 Å². The Hall–Kier alpha value is -3.29. The van der Waals surface area contributed by atoms with E-state index in [4.69, 9.17) is 5.11 Å². The molecular weight excluding hydrogens is 482 g/mol. The quantitative estimate of drug-likeness (QED) is 0.401. The van der Waals surface area contributed by atoms with Gasteiger partial charge in [0.1, 0.15) is 10.4 Å². The molecule has 7 nitrogen and oxygen atoms in total. The number of thiophene rings is 1. The molecule has 0 unspecified atom stereocenters. The first-order valence-electron chi connectivity index (χ1n) is 9.18. The molecule has 2 aromatic heterocycles. The molecule has 2 heterocycles. The zero-order valence-corrected chi connectivity index (χ0v) is 17.2. The molecule has 0 amide bonds. The minimum absolute atomic E-state index is 0.0325. The summed E-state index contributed by atoms with van der Waals surface area (Å²) in [4.78, 5) is 35.9. The molecular formula is C19H14F6N2O5S. The van der Waals surface area contributed by atoms with Crippen molar-refractivity contribution in [2.75, 3.05) is 0 Å². The van der Waals surface area contributed by atoms with Crippen LogP contribution in [0.5, 0.6) is 5.06 Å². The number of carboxylic acid groups (broad SMARTS) is 1. The standard InChI is InChI=1S/C19H14F6N2O5S/c20-18(21,22)7-9-27-14-11(12(19(23,24)25)15(33-14)32-17(30)31)13(28)26(16(27)29)8-6-10-4-2-1-3-5-10/h1-5H,6-9H2,(H,30,31). The zero-order valence-electron chi connectivity index (χ0n) is 16.4. The fraction of sp³-hybridized carbons (Fsp3) is 0.316. The highest BCUT2D eigenvalue weighted by molar-refractivity contribution is 7.20. The van der Waals surface area contributed by atoms with Crippen molar-refractivity contribution in [3.63, 3.8) is 0 Å². The number of nitrogens with zero attached hydrogens (tertiary/aromatic N) is 2. The molecule has 0 radical (unpaired) electrons. The predicted molar refractivity (Wildman–Crippen MR) is 105 cm³/mol. The smallest absolute Gasteiger partial charge is 0.449 e. The van der Waals surface area contributed by atoms with Gasteiger partial charge in [0.05, 0.1) is 11.8 Å². The summed E-state index contributed by atoms with van der Waals surface area (Å²) in [6.07, 6.45) is -13.7. The van der Waals surface area contributed by atoms with Crippen molar-refractivity contribution in [1.82, 2.24) is 9.13 Å². The average molecular weight is 496 g/mol. The number of carbonyl (C=O) groups is 1. The Labute approximate surface area is 184 Å². The van der Waals surface area contributed by atoms with Crippen LogP contribution in [0.25, 0.3) is 10.2 Å². The molecule has 178 valence electrons. The van der Waals surface area contributed by atoms with Gasteiger partial charge in [0.2, 0.25) is 5.06 Å². The number of halogens is 6. The van der Waals surface area contributed by atoms with Crippen molar-refractivity contribution in [3.05, 3.63) is 62.3 Å². The summed E-state index contributed by atoms with van der Waals surface area (Å²) in [6, 6.07) is 8.27. The third-order valence-electron chi connectivity index (χ3n) is 4.57. The lowest BCUT2D eigenvalue weighted by atomic mass is 10.1. The van der Waals surface area contributed by atoms with E-state index in [9.17, 15) is 40.7 Å². The number of ether oxygens (including phenoxy) is 1. The van der Waals surface area contributed by atoms with Crippen LogP contribution in [0, 0.1) is 0 Å². The minimum atomic E-state index is -5.29. The molecule has 0 saturated heterocycles. The second kappa shape index (κ2) is 8.92. The summed E-state index contributed by atoms with van der Waals surface area (Å²) in [6.45, 7) is -1.49. The highest BCUT2D eigenvalue weighted by Gasteiger charge is 2.42. The number of alkyl halides is 6. The van der Waals surface area contributed by atoms with Crippen LogP contribution in [0.3, 0.4) is 0 Å². The molecule has 0 aliphatic carbocycles. The fourth-order valence-corrected chi connectivity index (χ4v) is 4.35. The molecule has 0 saturated carbocycles. The van der Waals surface area contributed by atoms with Crippen molar-refractivity contribution in [2.45, 2.75) is 38.3 Å². The lowest BCUT2D eigenvalue weighted by molar-refractivity contribution is -0.138. The van der Waals surface area contributed by atoms with Crippen LogP contribution in [0.1, 0.15) is 17.5 Å². The Morgan fingerprint density at radius 2 is 1.64 bits per heavy atom. The Kier molecular flexibility index (Phi) is 6.58. The molecule has 3 rings (SSSR count). The largest absolute Gasteiger partial charge is 0.512 e. The van der Waals surface area contributed by atoms with E-state index in [0.717, 1.165) is 0 Å². The Morgan fingerprint density at radius 1 is 1.00 bits per heavy atom. The topological polar surface area (TPSA) is 90.5 Å². The van der Waals surface area contributed by atoms with E-state index in [1.165, 1.54) is 0 Å². The third kappa shape index (κ3) is 5.38. The van der Waals surface area contributed by atoms with Gasteiger partial charge in [-0.3, -0.25) is 13.9 Å². The van der Waals surface area contributed by atoms with Gasteiger partial charge in [0.15, 0.2) is 0 Å². The van der Waals surface area contributed by atoms with E-state index < -0.39 is 70.1 Å². The lowest BCUT2D eigenvalue weighted by Crippen LogP contribution is -2.41. The Morgan fingerprint density at radius 3 is 2.18 bits per heavy atom. The molecule has 0 aliphatic rings. The number of fused-ring (bicyclic) bond motifs is 1. The SMILES string of the molecule is O=C(O)Oc1sc2c(c1C(F)(F)F)c(=O)n(CCc1ccccc1)c(=O)n2CCC(F)(F)F. The molecule has 0 fully saturated rings. The normalized spacial score (nSPS) is 12.3.